The Balaban J connectivity index is 1.68. The molecule has 0 aromatic heterocycles. The zero-order valence-electron chi connectivity index (χ0n) is 13.2. The van der Waals surface area contributed by atoms with Gasteiger partial charge >= 0.3 is 0 Å². The fraction of sp³-hybridized carbons (Fsp3) is 0.150. The summed E-state index contributed by atoms with van der Waals surface area (Å²) in [6, 6.07) is 17.1. The van der Waals surface area contributed by atoms with E-state index >= 15 is 0 Å². The lowest BCUT2D eigenvalue weighted by molar-refractivity contribution is -0.121. The highest BCUT2D eigenvalue weighted by Gasteiger charge is 2.12. The quantitative estimate of drug-likeness (QED) is 0.750. The van der Waals surface area contributed by atoms with Gasteiger partial charge in [-0.05, 0) is 41.0 Å². The van der Waals surface area contributed by atoms with Crippen LogP contribution in [0.4, 0.5) is 8.78 Å². The maximum atomic E-state index is 13.3. The van der Waals surface area contributed by atoms with Crippen LogP contribution in [-0.2, 0) is 11.2 Å². The van der Waals surface area contributed by atoms with Gasteiger partial charge in [0, 0.05) is 0 Å². The molecule has 3 rings (SSSR count). The van der Waals surface area contributed by atoms with E-state index in [1.165, 1.54) is 6.07 Å². The Morgan fingerprint density at radius 2 is 1.71 bits per heavy atom. The van der Waals surface area contributed by atoms with Gasteiger partial charge in [0.2, 0.25) is 5.91 Å². The summed E-state index contributed by atoms with van der Waals surface area (Å²) in [6.07, 6.45) is 0.235. The predicted octanol–water partition coefficient (Wildman–Crippen LogP) is 4.54. The van der Waals surface area contributed by atoms with Crippen LogP contribution < -0.4 is 5.32 Å². The lowest BCUT2D eigenvalue weighted by atomic mass is 10.0. The molecule has 0 aliphatic carbocycles. The fourth-order valence-electron chi connectivity index (χ4n) is 2.69. The summed E-state index contributed by atoms with van der Waals surface area (Å²) < 4.78 is 26.3. The van der Waals surface area contributed by atoms with Crippen molar-refractivity contribution < 1.29 is 13.6 Å². The summed E-state index contributed by atoms with van der Waals surface area (Å²) in [4.78, 5) is 12.2. The number of nitrogens with one attached hydrogen (secondary N) is 1. The maximum Gasteiger partial charge on any atom is 0.224 e. The Bertz CT molecular complexity index is 892. The van der Waals surface area contributed by atoms with E-state index in [-0.39, 0.29) is 12.3 Å². The minimum atomic E-state index is -0.914. The third-order valence-electron chi connectivity index (χ3n) is 4.00. The Morgan fingerprint density at radius 3 is 2.46 bits per heavy atom. The molecule has 0 spiro atoms. The Morgan fingerprint density at radius 1 is 0.958 bits per heavy atom. The highest BCUT2D eigenvalue weighted by atomic mass is 19.2. The first-order valence-corrected chi connectivity index (χ1v) is 7.75. The van der Waals surface area contributed by atoms with Crippen molar-refractivity contribution in [1.29, 1.82) is 0 Å². The minimum absolute atomic E-state index is 0.164. The van der Waals surface area contributed by atoms with E-state index in [4.69, 9.17) is 0 Å². The van der Waals surface area contributed by atoms with Gasteiger partial charge in [-0.1, -0.05) is 48.5 Å². The van der Waals surface area contributed by atoms with Gasteiger partial charge in [0.05, 0.1) is 12.5 Å². The van der Waals surface area contributed by atoms with Gasteiger partial charge in [-0.15, -0.1) is 0 Å². The lowest BCUT2D eigenvalue weighted by Gasteiger charge is -2.15. The van der Waals surface area contributed by atoms with Crippen molar-refractivity contribution in [1.82, 2.24) is 5.32 Å². The molecule has 0 unspecified atom stereocenters. The molecular weight excluding hydrogens is 308 g/mol. The van der Waals surface area contributed by atoms with E-state index < -0.39 is 17.7 Å². The van der Waals surface area contributed by atoms with Crippen LogP contribution in [-0.4, -0.2) is 5.91 Å². The van der Waals surface area contributed by atoms with Gasteiger partial charge in [0.15, 0.2) is 11.6 Å². The highest BCUT2D eigenvalue weighted by molar-refractivity contribution is 5.85. The zero-order valence-corrected chi connectivity index (χ0v) is 13.2. The second-order valence-corrected chi connectivity index (χ2v) is 5.82. The predicted molar refractivity (Wildman–Crippen MR) is 90.6 cm³/mol. The first-order valence-electron chi connectivity index (χ1n) is 7.75. The van der Waals surface area contributed by atoms with Crippen LogP contribution >= 0.6 is 0 Å². The molecule has 0 fully saturated rings. The van der Waals surface area contributed by atoms with Gasteiger partial charge in [-0.25, -0.2) is 8.78 Å². The summed E-state index contributed by atoms with van der Waals surface area (Å²) in [7, 11) is 0. The second-order valence-electron chi connectivity index (χ2n) is 5.82. The smallest absolute Gasteiger partial charge is 0.224 e. The number of hydrogen-bond acceptors (Lipinski definition) is 1. The largest absolute Gasteiger partial charge is 0.349 e. The zero-order chi connectivity index (χ0) is 17.1. The van der Waals surface area contributed by atoms with Crippen molar-refractivity contribution in [2.24, 2.45) is 0 Å². The molecule has 1 N–H and O–H groups in total. The Labute approximate surface area is 139 Å². The van der Waals surface area contributed by atoms with Gasteiger partial charge in [-0.2, -0.15) is 0 Å². The van der Waals surface area contributed by atoms with E-state index in [2.05, 4.69) is 5.32 Å². The maximum absolute atomic E-state index is 13.3. The van der Waals surface area contributed by atoms with Gasteiger partial charge in [0.25, 0.3) is 0 Å². The summed E-state index contributed by atoms with van der Waals surface area (Å²) in [5, 5.41) is 5.01. The molecule has 24 heavy (non-hydrogen) atoms. The summed E-state index contributed by atoms with van der Waals surface area (Å²) in [6.45, 7) is 1.74. The standard InChI is InChI=1S/C20H17F2NO/c1-13(16-8-9-18(21)19(22)12-16)23-20(24)11-14-6-7-15-4-2-3-5-17(15)10-14/h2-10,12-13H,11H2,1H3,(H,23,24)/t13-/m1/s1. The molecule has 2 nitrogen and oxygen atoms in total. The number of carbonyl (C=O) groups excluding carboxylic acids is 1. The van der Waals surface area contributed by atoms with Crippen LogP contribution in [0.3, 0.4) is 0 Å². The summed E-state index contributed by atoms with van der Waals surface area (Å²) in [5.41, 5.74) is 1.43. The molecule has 0 aliphatic rings. The monoisotopic (exact) mass is 325 g/mol. The van der Waals surface area contributed by atoms with E-state index in [0.29, 0.717) is 5.56 Å². The molecule has 0 aliphatic heterocycles. The molecule has 122 valence electrons. The molecular formula is C20H17F2NO. The number of fused-ring (bicyclic) bond motifs is 1. The molecule has 0 radical (unpaired) electrons. The van der Waals surface area contributed by atoms with Crippen molar-refractivity contribution in [2.75, 3.05) is 0 Å². The SMILES string of the molecule is C[C@@H](NC(=O)Cc1ccc2ccccc2c1)c1ccc(F)c(F)c1. The van der Waals surface area contributed by atoms with Crippen LogP contribution in [0.2, 0.25) is 0 Å². The van der Waals surface area contributed by atoms with E-state index in [9.17, 15) is 13.6 Å². The molecule has 3 aromatic rings. The molecule has 0 bridgehead atoms. The van der Waals surface area contributed by atoms with Crippen LogP contribution in [0, 0.1) is 11.6 Å². The van der Waals surface area contributed by atoms with Crippen molar-refractivity contribution in [3.63, 3.8) is 0 Å². The topological polar surface area (TPSA) is 29.1 Å². The van der Waals surface area contributed by atoms with Crippen LogP contribution in [0.15, 0.2) is 60.7 Å². The van der Waals surface area contributed by atoms with E-state index in [0.717, 1.165) is 28.5 Å². The van der Waals surface area contributed by atoms with Gasteiger partial charge in [-0.3, -0.25) is 4.79 Å². The molecule has 0 saturated carbocycles. The third-order valence-corrected chi connectivity index (χ3v) is 4.00. The van der Waals surface area contributed by atoms with Crippen molar-refractivity contribution >= 4 is 16.7 Å². The van der Waals surface area contributed by atoms with Crippen molar-refractivity contribution in [2.45, 2.75) is 19.4 Å². The summed E-state index contributed by atoms with van der Waals surface area (Å²) >= 11 is 0. The molecule has 0 saturated heterocycles. The third kappa shape index (κ3) is 3.59. The van der Waals surface area contributed by atoms with Crippen molar-refractivity contribution in [3.8, 4) is 0 Å². The van der Waals surface area contributed by atoms with E-state index in [1.54, 1.807) is 6.92 Å². The molecule has 1 atom stereocenters. The van der Waals surface area contributed by atoms with Crippen molar-refractivity contribution in [3.05, 3.63) is 83.4 Å². The van der Waals surface area contributed by atoms with Gasteiger partial charge in [0.1, 0.15) is 0 Å². The Kier molecular flexibility index (Phi) is 4.56. The Hall–Kier alpha value is -2.75. The average Bonchev–Trinajstić information content (AvgIpc) is 2.57. The van der Waals surface area contributed by atoms with E-state index in [1.807, 2.05) is 42.5 Å². The summed E-state index contributed by atoms with van der Waals surface area (Å²) in [5.74, 6) is -1.97. The highest BCUT2D eigenvalue weighted by Crippen LogP contribution is 2.18. The number of halogens is 2. The second kappa shape index (κ2) is 6.79. The number of amides is 1. The normalized spacial score (nSPS) is 12.1. The van der Waals surface area contributed by atoms with Gasteiger partial charge < -0.3 is 5.32 Å². The van der Waals surface area contributed by atoms with Crippen LogP contribution in [0.25, 0.3) is 10.8 Å². The molecule has 1 amide bonds. The first-order chi connectivity index (χ1) is 11.5. The fourth-order valence-corrected chi connectivity index (χ4v) is 2.69. The molecule has 4 heteroatoms. The number of carbonyl (C=O) groups is 1. The minimum Gasteiger partial charge on any atom is -0.349 e. The number of benzene rings is 3. The first kappa shape index (κ1) is 16.1. The lowest BCUT2D eigenvalue weighted by Crippen LogP contribution is -2.28. The molecule has 0 heterocycles. The average molecular weight is 325 g/mol. The number of hydrogen-bond donors (Lipinski definition) is 1. The molecule has 3 aromatic carbocycles. The van der Waals surface area contributed by atoms with Crippen LogP contribution in [0.1, 0.15) is 24.1 Å². The number of rotatable bonds is 4. The van der Waals surface area contributed by atoms with Crippen LogP contribution in [0.5, 0.6) is 0 Å².